The molecule has 1 aliphatic carbocycles. The Balaban J connectivity index is 1.52. The van der Waals surface area contributed by atoms with E-state index in [-0.39, 0.29) is 11.9 Å². The van der Waals surface area contributed by atoms with E-state index in [0.29, 0.717) is 18.8 Å². The molecule has 8 nitrogen and oxygen atoms in total. The highest BCUT2D eigenvalue weighted by Crippen LogP contribution is 2.37. The molecule has 2 fully saturated rings. The molecule has 0 radical (unpaired) electrons. The predicted octanol–water partition coefficient (Wildman–Crippen LogP) is 0.688. The largest absolute Gasteiger partial charge is 0.346 e. The van der Waals surface area contributed by atoms with E-state index >= 15 is 0 Å². The Labute approximate surface area is 132 Å². The van der Waals surface area contributed by atoms with Crippen molar-refractivity contribution in [2.24, 2.45) is 0 Å². The van der Waals surface area contributed by atoms with Crippen LogP contribution < -0.4 is 5.32 Å². The van der Waals surface area contributed by atoms with Crippen molar-refractivity contribution in [3.63, 3.8) is 0 Å². The van der Waals surface area contributed by atoms with Gasteiger partial charge in [0.1, 0.15) is 6.33 Å². The monoisotopic (exact) mass is 315 g/mol. The van der Waals surface area contributed by atoms with Gasteiger partial charge in [-0.3, -0.25) is 4.79 Å². The van der Waals surface area contributed by atoms with Crippen LogP contribution in [0.5, 0.6) is 0 Å². The highest BCUT2D eigenvalue weighted by atomic mass is 16.7. The molecule has 120 valence electrons. The zero-order chi connectivity index (χ0) is 15.7. The molecule has 23 heavy (non-hydrogen) atoms. The Kier molecular flexibility index (Phi) is 3.55. The van der Waals surface area contributed by atoms with Crippen LogP contribution in [0.3, 0.4) is 0 Å². The van der Waals surface area contributed by atoms with E-state index in [1.807, 2.05) is 6.07 Å². The fourth-order valence-electron chi connectivity index (χ4n) is 3.26. The summed E-state index contributed by atoms with van der Waals surface area (Å²) in [5.41, 5.74) is 1.29. The molecule has 2 aromatic rings. The zero-order valence-electron chi connectivity index (χ0n) is 12.5. The van der Waals surface area contributed by atoms with Crippen molar-refractivity contribution in [3.8, 4) is 5.69 Å². The maximum Gasteiger partial charge on any atom is 0.251 e. The SMILES string of the molecule is O=C(NC1CCCC12OCCO2)c1cccc(-n2cnnn2)c1. The van der Waals surface area contributed by atoms with E-state index in [0.717, 1.165) is 24.9 Å². The highest BCUT2D eigenvalue weighted by Gasteiger charge is 2.48. The van der Waals surface area contributed by atoms with Crippen LogP contribution >= 0.6 is 0 Å². The standard InChI is InChI=1S/C15H17N5O3/c21-14(17-13-5-2-6-15(13)22-7-8-23-15)11-3-1-4-12(9-11)20-10-16-18-19-20/h1,3-4,9-10,13H,2,5-8H2,(H,17,21). The van der Waals surface area contributed by atoms with Crippen molar-refractivity contribution >= 4 is 5.91 Å². The normalized spacial score (nSPS) is 22.5. The van der Waals surface area contributed by atoms with E-state index in [2.05, 4.69) is 20.8 Å². The lowest BCUT2D eigenvalue weighted by molar-refractivity contribution is -0.164. The number of carbonyl (C=O) groups excluding carboxylic acids is 1. The van der Waals surface area contributed by atoms with E-state index in [9.17, 15) is 4.79 Å². The molecule has 1 aliphatic heterocycles. The lowest BCUT2D eigenvalue weighted by Crippen LogP contribution is -2.49. The first-order valence-electron chi connectivity index (χ1n) is 7.69. The molecule has 1 N–H and O–H groups in total. The topological polar surface area (TPSA) is 91.2 Å². The van der Waals surface area contributed by atoms with E-state index in [4.69, 9.17) is 9.47 Å². The Hall–Kier alpha value is -2.32. The number of hydrogen-bond donors (Lipinski definition) is 1. The molecule has 1 unspecified atom stereocenters. The zero-order valence-corrected chi connectivity index (χ0v) is 12.5. The maximum atomic E-state index is 12.6. The first-order valence-corrected chi connectivity index (χ1v) is 7.69. The van der Waals surface area contributed by atoms with Gasteiger partial charge >= 0.3 is 0 Å². The fourth-order valence-corrected chi connectivity index (χ4v) is 3.26. The number of rotatable bonds is 3. The van der Waals surface area contributed by atoms with Gasteiger partial charge in [0, 0.05) is 12.0 Å². The van der Waals surface area contributed by atoms with Gasteiger partial charge in [0.15, 0.2) is 5.79 Å². The van der Waals surface area contributed by atoms with Gasteiger partial charge in [-0.1, -0.05) is 6.07 Å². The number of amides is 1. The van der Waals surface area contributed by atoms with Gasteiger partial charge in [0.2, 0.25) is 0 Å². The molecule has 4 rings (SSSR count). The van der Waals surface area contributed by atoms with Crippen LogP contribution in [0.4, 0.5) is 0 Å². The average Bonchev–Trinajstić information content (AvgIpc) is 3.32. The predicted molar refractivity (Wildman–Crippen MR) is 78.9 cm³/mol. The van der Waals surface area contributed by atoms with Crippen LogP contribution in [-0.4, -0.2) is 51.2 Å². The summed E-state index contributed by atoms with van der Waals surface area (Å²) >= 11 is 0. The Morgan fingerprint density at radius 2 is 2.22 bits per heavy atom. The Morgan fingerprint density at radius 1 is 1.35 bits per heavy atom. The van der Waals surface area contributed by atoms with Crippen molar-refractivity contribution < 1.29 is 14.3 Å². The van der Waals surface area contributed by atoms with Crippen LogP contribution in [0, 0.1) is 0 Å². The fraction of sp³-hybridized carbons (Fsp3) is 0.467. The van der Waals surface area contributed by atoms with E-state index in [1.54, 1.807) is 18.2 Å². The Bertz CT molecular complexity index is 691. The number of nitrogens with one attached hydrogen (secondary N) is 1. The van der Waals surface area contributed by atoms with Crippen molar-refractivity contribution in [3.05, 3.63) is 36.2 Å². The number of hydrogen-bond acceptors (Lipinski definition) is 6. The van der Waals surface area contributed by atoms with Crippen LogP contribution in [0.25, 0.3) is 5.69 Å². The summed E-state index contributed by atoms with van der Waals surface area (Å²) in [7, 11) is 0. The Morgan fingerprint density at radius 3 is 3.00 bits per heavy atom. The molecular formula is C15H17N5O3. The summed E-state index contributed by atoms with van der Waals surface area (Å²) in [4.78, 5) is 12.6. The quantitative estimate of drug-likeness (QED) is 0.896. The molecule has 1 saturated carbocycles. The first-order chi connectivity index (χ1) is 11.3. The number of tetrazole rings is 1. The summed E-state index contributed by atoms with van der Waals surface area (Å²) in [6, 6.07) is 7.05. The van der Waals surface area contributed by atoms with Crippen LogP contribution in [-0.2, 0) is 9.47 Å². The van der Waals surface area contributed by atoms with Gasteiger partial charge in [-0.15, -0.1) is 5.10 Å². The molecule has 1 amide bonds. The van der Waals surface area contributed by atoms with Gasteiger partial charge in [-0.05, 0) is 41.5 Å². The summed E-state index contributed by atoms with van der Waals surface area (Å²) in [6.45, 7) is 1.17. The summed E-state index contributed by atoms with van der Waals surface area (Å²) in [5.74, 6) is -0.784. The van der Waals surface area contributed by atoms with Gasteiger partial charge in [0.25, 0.3) is 5.91 Å². The molecular weight excluding hydrogens is 298 g/mol. The molecule has 2 heterocycles. The van der Waals surface area contributed by atoms with Gasteiger partial charge in [0.05, 0.1) is 24.9 Å². The van der Waals surface area contributed by atoms with Gasteiger partial charge in [-0.2, -0.15) is 0 Å². The molecule has 1 aromatic heterocycles. The van der Waals surface area contributed by atoms with Crippen molar-refractivity contribution in [1.82, 2.24) is 25.5 Å². The number of aromatic nitrogens is 4. The molecule has 1 aromatic carbocycles. The second-order valence-electron chi connectivity index (χ2n) is 5.73. The van der Waals surface area contributed by atoms with Crippen LogP contribution in [0.15, 0.2) is 30.6 Å². The second kappa shape index (κ2) is 5.71. The van der Waals surface area contributed by atoms with Crippen molar-refractivity contribution in [2.45, 2.75) is 31.1 Å². The minimum atomic E-state index is -0.636. The maximum absolute atomic E-state index is 12.6. The lowest BCUT2D eigenvalue weighted by Gasteiger charge is -2.29. The summed E-state index contributed by atoms with van der Waals surface area (Å²) in [5, 5.41) is 14.1. The average molecular weight is 315 g/mol. The molecule has 1 saturated heterocycles. The summed E-state index contributed by atoms with van der Waals surface area (Å²) in [6.07, 6.45) is 4.15. The number of ether oxygens (including phenoxy) is 2. The van der Waals surface area contributed by atoms with Gasteiger partial charge < -0.3 is 14.8 Å². The highest BCUT2D eigenvalue weighted by molar-refractivity contribution is 5.95. The summed E-state index contributed by atoms with van der Waals surface area (Å²) < 4.78 is 13.0. The number of carbonyl (C=O) groups is 1. The molecule has 8 heteroatoms. The molecule has 1 spiro atoms. The van der Waals surface area contributed by atoms with Crippen LogP contribution in [0.1, 0.15) is 29.6 Å². The second-order valence-corrected chi connectivity index (χ2v) is 5.73. The lowest BCUT2D eigenvalue weighted by atomic mass is 10.1. The first kappa shape index (κ1) is 14.3. The molecule has 0 bridgehead atoms. The number of nitrogens with zero attached hydrogens (tertiary/aromatic N) is 4. The van der Waals surface area contributed by atoms with E-state index < -0.39 is 5.79 Å². The third kappa shape index (κ3) is 2.60. The molecule has 1 atom stereocenters. The van der Waals surface area contributed by atoms with Gasteiger partial charge in [-0.25, -0.2) is 4.68 Å². The van der Waals surface area contributed by atoms with Crippen molar-refractivity contribution in [2.75, 3.05) is 13.2 Å². The third-order valence-corrected chi connectivity index (χ3v) is 4.35. The third-order valence-electron chi connectivity index (χ3n) is 4.35. The minimum absolute atomic E-state index is 0.116. The van der Waals surface area contributed by atoms with Crippen LogP contribution in [0.2, 0.25) is 0 Å². The molecule has 2 aliphatic rings. The minimum Gasteiger partial charge on any atom is -0.346 e. The van der Waals surface area contributed by atoms with Crippen molar-refractivity contribution in [1.29, 1.82) is 0 Å². The number of benzene rings is 1. The smallest absolute Gasteiger partial charge is 0.251 e. The van der Waals surface area contributed by atoms with E-state index in [1.165, 1.54) is 11.0 Å².